The minimum Gasteiger partial charge on any atom is -0.144 e. The van der Waals surface area contributed by atoms with E-state index >= 15 is 0 Å². The Kier molecular flexibility index (Phi) is 8.67. The van der Waals surface area contributed by atoms with Crippen molar-refractivity contribution in [1.82, 2.24) is 0 Å². The number of thiophene rings is 7. The van der Waals surface area contributed by atoms with Gasteiger partial charge in [0, 0.05) is 63.4 Å². The quantitative estimate of drug-likeness (QED) is 0.143. The van der Waals surface area contributed by atoms with E-state index in [-0.39, 0.29) is 0 Å². The van der Waals surface area contributed by atoms with Gasteiger partial charge in [0.2, 0.25) is 0 Å². The van der Waals surface area contributed by atoms with Crippen molar-refractivity contribution in [1.29, 1.82) is 0 Å². The van der Waals surface area contributed by atoms with E-state index in [9.17, 15) is 0 Å². The van der Waals surface area contributed by atoms with E-state index in [0.29, 0.717) is 0 Å². The molecular weight excluding hydrogens is 709 g/mol. The van der Waals surface area contributed by atoms with Crippen molar-refractivity contribution in [2.45, 2.75) is 68.1 Å². The highest BCUT2D eigenvalue weighted by molar-refractivity contribution is 7.33. The summed E-state index contributed by atoms with van der Waals surface area (Å²) in [6.07, 6.45) is 0. The second-order valence-electron chi connectivity index (χ2n) is 13.3. The zero-order valence-corrected chi connectivity index (χ0v) is 34.7. The van der Waals surface area contributed by atoms with Gasteiger partial charge in [-0.25, -0.2) is 0 Å². The lowest BCUT2D eigenvalue weighted by atomic mass is 10.1. The summed E-state index contributed by atoms with van der Waals surface area (Å²) < 4.78 is 1.59. The summed E-state index contributed by atoms with van der Waals surface area (Å²) in [4.78, 5) is 18.3. The Labute approximate surface area is 302 Å². The highest BCUT2D eigenvalue weighted by Gasteiger charge is 2.23. The molecule has 8 heteroatoms. The van der Waals surface area contributed by atoms with Crippen LogP contribution in [0.25, 0.3) is 58.5 Å². The van der Waals surface area contributed by atoms with Gasteiger partial charge in [0.25, 0.3) is 0 Å². The van der Waals surface area contributed by atoms with Gasteiger partial charge in [-0.3, -0.25) is 0 Å². The van der Waals surface area contributed by atoms with Crippen LogP contribution in [0.15, 0.2) is 48.5 Å². The predicted octanol–water partition coefficient (Wildman–Crippen LogP) is 14.8. The molecule has 0 aliphatic heterocycles. The summed E-state index contributed by atoms with van der Waals surface area (Å²) in [7, 11) is -1.30. The normalized spacial score (nSPS) is 12.1. The molecule has 0 amide bonds. The van der Waals surface area contributed by atoms with Crippen LogP contribution in [0.4, 0.5) is 0 Å². The Balaban J connectivity index is 1.21. The Hall–Kier alpha value is -1.88. The fraction of sp³-hybridized carbons (Fsp3) is 0.263. The largest absolute Gasteiger partial charge is 0.144 e. The topological polar surface area (TPSA) is 0 Å². The third kappa shape index (κ3) is 5.87. The molecule has 0 fully saturated rings. The molecule has 0 aromatic carbocycles. The molecule has 0 bridgehead atoms. The third-order valence-electron chi connectivity index (χ3n) is 8.55. The fourth-order valence-corrected chi connectivity index (χ4v) is 16.6. The summed E-state index contributed by atoms with van der Waals surface area (Å²) in [5.41, 5.74) is 8.37. The molecular formula is C38H38S7Si. The van der Waals surface area contributed by atoms with E-state index in [0.717, 1.165) is 0 Å². The zero-order chi connectivity index (χ0) is 32.7. The lowest BCUT2D eigenvalue weighted by Gasteiger charge is -2.12. The van der Waals surface area contributed by atoms with Crippen LogP contribution in [-0.2, 0) is 0 Å². The van der Waals surface area contributed by atoms with Crippen molar-refractivity contribution < 1.29 is 0 Å². The molecule has 46 heavy (non-hydrogen) atoms. The Bertz CT molecular complexity index is 2220. The van der Waals surface area contributed by atoms with E-state index < -0.39 is 8.07 Å². The average Bonchev–Trinajstić information content (AvgIpc) is 3.82. The molecule has 236 valence electrons. The van der Waals surface area contributed by atoms with Crippen molar-refractivity contribution in [2.75, 3.05) is 0 Å². The molecule has 0 N–H and O–H groups in total. The van der Waals surface area contributed by atoms with Gasteiger partial charge in [-0.15, -0.1) is 79.4 Å². The second kappa shape index (κ2) is 12.2. The van der Waals surface area contributed by atoms with E-state index in [1.165, 1.54) is 96.8 Å². The van der Waals surface area contributed by atoms with E-state index in [1.807, 2.05) is 79.4 Å². The maximum Gasteiger partial charge on any atom is 0.0904 e. The minimum absolute atomic E-state index is 1.30. The van der Waals surface area contributed by atoms with Crippen LogP contribution >= 0.6 is 79.4 Å². The molecule has 0 spiro atoms. The third-order valence-corrected chi connectivity index (χ3v) is 21.7. The number of hydrogen-bond donors (Lipinski definition) is 0. The first kappa shape index (κ1) is 32.7. The summed E-state index contributed by atoms with van der Waals surface area (Å²) in [6, 6.07) is 18.9. The van der Waals surface area contributed by atoms with E-state index in [4.69, 9.17) is 0 Å². The monoisotopic (exact) mass is 746 g/mol. The van der Waals surface area contributed by atoms with Gasteiger partial charge in [-0.1, -0.05) is 25.7 Å². The Morgan fingerprint density at radius 3 is 1.11 bits per heavy atom. The van der Waals surface area contributed by atoms with Crippen LogP contribution in [0, 0.1) is 48.5 Å². The lowest BCUT2D eigenvalue weighted by Crippen LogP contribution is -2.34. The van der Waals surface area contributed by atoms with Crippen LogP contribution < -0.4 is 4.50 Å². The van der Waals surface area contributed by atoms with Gasteiger partial charge in [0.15, 0.2) is 0 Å². The van der Waals surface area contributed by atoms with Gasteiger partial charge in [0.05, 0.1) is 8.07 Å². The minimum atomic E-state index is -1.30. The predicted molar refractivity (Wildman–Crippen MR) is 220 cm³/mol. The highest BCUT2D eigenvalue weighted by atomic mass is 32.1. The van der Waals surface area contributed by atoms with Gasteiger partial charge < -0.3 is 0 Å². The second-order valence-corrected chi connectivity index (χ2v) is 26.3. The molecule has 0 nitrogen and oxygen atoms in total. The maximum absolute atomic E-state index is 2.44. The molecule has 7 heterocycles. The Morgan fingerprint density at radius 2 is 0.739 bits per heavy atom. The van der Waals surface area contributed by atoms with E-state index in [2.05, 4.69) is 117 Å². The molecule has 0 unspecified atom stereocenters. The molecule has 0 atom stereocenters. The molecule has 7 aromatic rings. The summed E-state index contributed by atoms with van der Waals surface area (Å²) >= 11 is 13.7. The average molecular weight is 747 g/mol. The SMILES string of the molecule is Cc1ccc(-c2sc(-c3sc(-c4sc(-c5cc(C)c(-c6cc(C)c(-c7ccc([Si](C)(C)C)s7)s6)s5)c(C)c4C)cc3C)cc2C)s1. The van der Waals surface area contributed by atoms with Crippen LogP contribution in [0.2, 0.25) is 19.6 Å². The van der Waals surface area contributed by atoms with Crippen molar-refractivity contribution in [3.8, 4) is 58.5 Å². The fourth-order valence-electron chi connectivity index (χ4n) is 5.84. The summed E-state index contributed by atoms with van der Waals surface area (Å²) in [5, 5.41) is 0. The number of hydrogen-bond acceptors (Lipinski definition) is 7. The highest BCUT2D eigenvalue weighted by Crippen LogP contribution is 2.52. The molecule has 7 aromatic heterocycles. The van der Waals surface area contributed by atoms with Crippen molar-refractivity contribution >= 4 is 91.9 Å². The zero-order valence-electron chi connectivity index (χ0n) is 28.0. The number of rotatable bonds is 7. The molecule has 0 aliphatic carbocycles. The van der Waals surface area contributed by atoms with Gasteiger partial charge in [0.1, 0.15) is 0 Å². The summed E-state index contributed by atoms with van der Waals surface area (Å²) in [5.74, 6) is 0. The van der Waals surface area contributed by atoms with Crippen LogP contribution in [0.5, 0.6) is 0 Å². The first-order valence-electron chi connectivity index (χ1n) is 15.5. The van der Waals surface area contributed by atoms with Crippen LogP contribution in [-0.4, -0.2) is 8.07 Å². The molecule has 0 aliphatic rings. The summed E-state index contributed by atoms with van der Waals surface area (Å²) in [6.45, 7) is 23.3. The first-order valence-corrected chi connectivity index (χ1v) is 24.7. The molecule has 7 rings (SSSR count). The van der Waals surface area contributed by atoms with Gasteiger partial charge >= 0.3 is 0 Å². The standard InChI is InChI=1S/C38H38S7Si/c1-19-15-28(41-33(19)26-12-11-23(5)39-26)35-21(3)17-30(43-35)37-24(6)25(7)38(45-37)31-18-22(4)36(44-31)29-16-20(2)34(42-29)27-13-14-32(40-27)46(8,9)10/h11-18H,1-10H3. The van der Waals surface area contributed by atoms with Crippen molar-refractivity contribution in [3.05, 3.63) is 86.8 Å². The maximum atomic E-state index is 2.44. The van der Waals surface area contributed by atoms with E-state index in [1.54, 1.807) is 4.50 Å². The molecule has 0 saturated carbocycles. The van der Waals surface area contributed by atoms with Crippen LogP contribution in [0.1, 0.15) is 38.3 Å². The molecule has 0 saturated heterocycles. The van der Waals surface area contributed by atoms with Crippen molar-refractivity contribution in [3.63, 3.8) is 0 Å². The van der Waals surface area contributed by atoms with Crippen molar-refractivity contribution in [2.24, 2.45) is 0 Å². The van der Waals surface area contributed by atoms with Gasteiger partial charge in [-0.2, -0.15) is 0 Å². The molecule has 0 radical (unpaired) electrons. The lowest BCUT2D eigenvalue weighted by molar-refractivity contribution is 1.41. The number of aryl methyl sites for hydroxylation is 5. The smallest absolute Gasteiger partial charge is 0.0904 e. The van der Waals surface area contributed by atoms with Gasteiger partial charge in [-0.05, 0) is 129 Å². The first-order chi connectivity index (χ1) is 21.8. The Morgan fingerprint density at radius 1 is 0.370 bits per heavy atom. The van der Waals surface area contributed by atoms with Crippen LogP contribution in [0.3, 0.4) is 0 Å².